The van der Waals surface area contributed by atoms with Crippen molar-refractivity contribution >= 4 is 22.1 Å². The average molecular weight is 412 g/mol. The Bertz CT molecular complexity index is 684. The summed E-state index contributed by atoms with van der Waals surface area (Å²) >= 11 is 0. The molecule has 0 bridgehead atoms. The summed E-state index contributed by atoms with van der Waals surface area (Å²) in [6.07, 6.45) is -7.62. The summed E-state index contributed by atoms with van der Waals surface area (Å²) in [5, 5.41) is -4.90. The molecule has 14 heteroatoms. The number of carbonyl (C=O) groups excluding carboxylic acids is 2. The highest BCUT2D eigenvalue weighted by molar-refractivity contribution is 7.86. The predicted octanol–water partition coefficient (Wildman–Crippen LogP) is 1.94. The molecule has 0 spiro atoms. The van der Waals surface area contributed by atoms with Gasteiger partial charge in [-0.15, -0.1) is 0 Å². The molecular formula is C12H13F5O8S. The largest absolute Gasteiger partial charge is 0.468 e. The Kier molecular flexibility index (Phi) is 7.45. The van der Waals surface area contributed by atoms with E-state index in [-0.39, 0.29) is 6.26 Å². The van der Waals surface area contributed by atoms with Gasteiger partial charge in [-0.2, -0.15) is 30.4 Å². The smallest absolute Gasteiger partial charge is 0.430 e. The van der Waals surface area contributed by atoms with Gasteiger partial charge in [0.25, 0.3) is 0 Å². The number of carbonyl (C=O) groups is 2. The Morgan fingerprint density at radius 2 is 1.69 bits per heavy atom. The molecule has 150 valence electrons. The summed E-state index contributed by atoms with van der Waals surface area (Å²) in [6.45, 7) is 4.90. The van der Waals surface area contributed by atoms with Gasteiger partial charge in [0, 0.05) is 5.57 Å². The van der Waals surface area contributed by atoms with Crippen LogP contribution < -0.4 is 0 Å². The van der Waals surface area contributed by atoms with E-state index in [9.17, 15) is 40.0 Å². The molecule has 0 aliphatic rings. The summed E-state index contributed by atoms with van der Waals surface area (Å²) in [7, 11) is -5.97. The van der Waals surface area contributed by atoms with E-state index in [2.05, 4.69) is 27.4 Å². The number of halogens is 5. The van der Waals surface area contributed by atoms with Crippen LogP contribution in [-0.2, 0) is 33.9 Å². The average Bonchev–Trinajstić information content (AvgIpc) is 2.43. The van der Waals surface area contributed by atoms with E-state index in [0.717, 1.165) is 6.92 Å². The number of hydrogen-bond donors (Lipinski definition) is 1. The molecule has 0 aromatic heterocycles. The highest BCUT2D eigenvalue weighted by Gasteiger charge is 2.68. The second kappa shape index (κ2) is 8.09. The van der Waals surface area contributed by atoms with E-state index in [4.69, 9.17) is 4.55 Å². The molecule has 0 aromatic rings. The minimum absolute atomic E-state index is 0.216. The van der Waals surface area contributed by atoms with Gasteiger partial charge < -0.3 is 14.2 Å². The van der Waals surface area contributed by atoms with Crippen molar-refractivity contribution in [3.8, 4) is 0 Å². The van der Waals surface area contributed by atoms with Gasteiger partial charge in [0.15, 0.2) is 0 Å². The molecule has 0 aliphatic heterocycles. The number of hydrogen-bond acceptors (Lipinski definition) is 7. The second-order valence-corrected chi connectivity index (χ2v) is 6.11. The maximum Gasteiger partial charge on any atom is 0.468 e. The SMILES string of the molecule is C=COC(=O)C(OCCC(F)(F)S(=O)(=O)O)(OC(=O)C(=C)C)C(F)(F)F. The van der Waals surface area contributed by atoms with Crippen molar-refractivity contribution in [1.82, 2.24) is 0 Å². The third-order valence-corrected chi connectivity index (χ3v) is 3.45. The molecule has 0 saturated carbocycles. The van der Waals surface area contributed by atoms with Crippen LogP contribution in [0.5, 0.6) is 0 Å². The molecule has 1 unspecified atom stereocenters. The summed E-state index contributed by atoms with van der Waals surface area (Å²) in [4.78, 5) is 23.0. The van der Waals surface area contributed by atoms with Gasteiger partial charge in [0.1, 0.15) is 0 Å². The minimum Gasteiger partial charge on any atom is -0.430 e. The molecule has 1 atom stereocenters. The van der Waals surface area contributed by atoms with E-state index < -0.39 is 57.9 Å². The summed E-state index contributed by atoms with van der Waals surface area (Å²) in [5.74, 6) is -8.69. The first-order valence-electron chi connectivity index (χ1n) is 6.28. The van der Waals surface area contributed by atoms with Crippen molar-refractivity contribution < 1.29 is 58.7 Å². The fourth-order valence-corrected chi connectivity index (χ4v) is 1.54. The van der Waals surface area contributed by atoms with Gasteiger partial charge in [-0.05, 0) is 6.92 Å². The zero-order chi connectivity index (χ0) is 21.0. The van der Waals surface area contributed by atoms with Crippen LogP contribution in [0.2, 0.25) is 0 Å². The Balaban J connectivity index is 5.83. The quantitative estimate of drug-likeness (QED) is 0.153. The van der Waals surface area contributed by atoms with Gasteiger partial charge in [-0.25, -0.2) is 9.59 Å². The van der Waals surface area contributed by atoms with E-state index in [0.29, 0.717) is 0 Å². The van der Waals surface area contributed by atoms with Crippen LogP contribution in [0.15, 0.2) is 25.0 Å². The number of ether oxygens (including phenoxy) is 3. The first-order valence-corrected chi connectivity index (χ1v) is 7.72. The van der Waals surface area contributed by atoms with Gasteiger partial charge in [-0.3, -0.25) is 4.55 Å². The van der Waals surface area contributed by atoms with Crippen molar-refractivity contribution in [3.05, 3.63) is 25.0 Å². The Morgan fingerprint density at radius 1 is 1.19 bits per heavy atom. The lowest BCUT2D eigenvalue weighted by atomic mass is 10.2. The number of esters is 2. The van der Waals surface area contributed by atoms with Crippen molar-refractivity contribution in [2.75, 3.05) is 6.61 Å². The zero-order valence-corrected chi connectivity index (χ0v) is 13.8. The molecule has 0 rings (SSSR count). The Morgan fingerprint density at radius 3 is 2.04 bits per heavy atom. The lowest BCUT2D eigenvalue weighted by Gasteiger charge is -2.32. The fourth-order valence-electron chi connectivity index (χ4n) is 1.20. The fraction of sp³-hybridized carbons (Fsp3) is 0.500. The van der Waals surface area contributed by atoms with Gasteiger partial charge in [0.2, 0.25) is 0 Å². The van der Waals surface area contributed by atoms with E-state index in [1.807, 2.05) is 0 Å². The van der Waals surface area contributed by atoms with Crippen LogP contribution in [0.3, 0.4) is 0 Å². The summed E-state index contributed by atoms with van der Waals surface area (Å²) < 4.78 is 107. The molecule has 0 aliphatic carbocycles. The highest BCUT2D eigenvalue weighted by Crippen LogP contribution is 2.38. The third-order valence-electron chi connectivity index (χ3n) is 2.49. The lowest BCUT2D eigenvalue weighted by Crippen LogP contribution is -2.58. The van der Waals surface area contributed by atoms with Crippen LogP contribution in [0.25, 0.3) is 0 Å². The van der Waals surface area contributed by atoms with E-state index in [1.165, 1.54) is 0 Å². The first kappa shape index (κ1) is 23.9. The molecule has 0 heterocycles. The van der Waals surface area contributed by atoms with Crippen LogP contribution in [0.1, 0.15) is 13.3 Å². The van der Waals surface area contributed by atoms with Crippen LogP contribution >= 0.6 is 0 Å². The number of alkyl halides is 5. The van der Waals surface area contributed by atoms with Crippen molar-refractivity contribution in [1.29, 1.82) is 0 Å². The van der Waals surface area contributed by atoms with Crippen molar-refractivity contribution in [2.24, 2.45) is 0 Å². The van der Waals surface area contributed by atoms with Gasteiger partial charge in [-0.1, -0.05) is 13.2 Å². The summed E-state index contributed by atoms with van der Waals surface area (Å²) in [5.41, 5.74) is -0.614. The van der Waals surface area contributed by atoms with Crippen molar-refractivity contribution in [2.45, 2.75) is 30.6 Å². The molecular weight excluding hydrogens is 399 g/mol. The van der Waals surface area contributed by atoms with Crippen LogP contribution in [-0.4, -0.2) is 48.7 Å². The third kappa shape index (κ3) is 5.47. The highest BCUT2D eigenvalue weighted by atomic mass is 32.2. The molecule has 26 heavy (non-hydrogen) atoms. The summed E-state index contributed by atoms with van der Waals surface area (Å²) in [6, 6.07) is 0. The van der Waals surface area contributed by atoms with Crippen LogP contribution in [0.4, 0.5) is 22.0 Å². The molecule has 8 nitrogen and oxygen atoms in total. The monoisotopic (exact) mass is 412 g/mol. The molecule has 0 amide bonds. The topological polar surface area (TPSA) is 116 Å². The Labute approximate surface area is 143 Å². The number of rotatable bonds is 9. The first-order chi connectivity index (χ1) is 11.5. The second-order valence-electron chi connectivity index (χ2n) is 4.57. The molecule has 0 radical (unpaired) electrons. The van der Waals surface area contributed by atoms with Gasteiger partial charge in [0.05, 0.1) is 19.3 Å². The maximum atomic E-state index is 13.3. The Hall–Kier alpha value is -2.06. The standard InChI is InChI=1S/C12H13F5O8S/c1-4-23-9(19)11(12(15,16)17,25-8(18)7(2)3)24-6-5-10(13,14)26(20,21)22/h4H,1-2,5-6H2,3H3,(H,20,21,22). The normalized spacial score (nSPS) is 14.9. The van der Waals surface area contributed by atoms with Gasteiger partial charge >= 0.3 is 39.3 Å². The molecule has 0 aromatic carbocycles. The maximum absolute atomic E-state index is 13.3. The van der Waals surface area contributed by atoms with E-state index in [1.54, 1.807) is 0 Å². The minimum atomic E-state index is -5.97. The van der Waals surface area contributed by atoms with Crippen molar-refractivity contribution in [3.63, 3.8) is 0 Å². The predicted molar refractivity (Wildman–Crippen MR) is 73.0 cm³/mol. The molecule has 0 saturated heterocycles. The molecule has 1 N–H and O–H groups in total. The zero-order valence-electron chi connectivity index (χ0n) is 13.0. The van der Waals surface area contributed by atoms with Crippen LogP contribution in [0, 0.1) is 0 Å². The molecule has 0 fully saturated rings. The lowest BCUT2D eigenvalue weighted by molar-refractivity contribution is -0.354. The van der Waals surface area contributed by atoms with E-state index >= 15 is 0 Å².